The highest BCUT2D eigenvalue weighted by atomic mass is 16.6. The zero-order valence-corrected chi connectivity index (χ0v) is 33.4. The smallest absolute Gasteiger partial charge is 0.316 e. The zero-order valence-electron chi connectivity index (χ0n) is 33.4. The molecule has 20 heteroatoms. The van der Waals surface area contributed by atoms with E-state index >= 15 is 0 Å². The zero-order chi connectivity index (χ0) is 41.1. The van der Waals surface area contributed by atoms with Crippen LogP contribution in [0.4, 0.5) is 10.5 Å². The lowest BCUT2D eigenvalue weighted by Crippen LogP contribution is -2.29. The molecule has 7 N–H and O–H groups in total. The van der Waals surface area contributed by atoms with Crippen molar-refractivity contribution in [1.82, 2.24) is 10.6 Å². The third-order valence-electron chi connectivity index (χ3n) is 6.96. The van der Waals surface area contributed by atoms with Gasteiger partial charge in [-0.15, -0.1) is 0 Å². The molecule has 0 spiro atoms. The summed E-state index contributed by atoms with van der Waals surface area (Å²) in [7, 11) is 0. The lowest BCUT2D eigenvalue weighted by molar-refractivity contribution is -0.122. The van der Waals surface area contributed by atoms with Gasteiger partial charge in [0.05, 0.1) is 159 Å². The van der Waals surface area contributed by atoms with Gasteiger partial charge in [-0.3, -0.25) is 9.59 Å². The largest absolute Gasteiger partial charge is 0.379 e. The molecule has 0 bridgehead atoms. The summed E-state index contributed by atoms with van der Waals surface area (Å²) < 4.78 is 65.5. The third kappa shape index (κ3) is 37.0. The molecule has 1 aromatic carbocycles. The Kier molecular flexibility index (Phi) is 37.4. The Labute approximate surface area is 336 Å². The molecule has 0 aliphatic carbocycles. The molecule has 0 aromatic heterocycles. The molecule has 330 valence electrons. The quantitative estimate of drug-likeness (QED) is 0.0525. The Balaban J connectivity index is 1.67. The van der Waals surface area contributed by atoms with E-state index in [1.54, 1.807) is 18.2 Å². The maximum absolute atomic E-state index is 12.2. The van der Waals surface area contributed by atoms with Gasteiger partial charge in [0.2, 0.25) is 5.91 Å². The van der Waals surface area contributed by atoms with Crippen LogP contribution in [0.15, 0.2) is 24.3 Å². The molecule has 0 heterocycles. The van der Waals surface area contributed by atoms with E-state index in [1.165, 1.54) is 6.07 Å². The van der Waals surface area contributed by atoms with E-state index in [-0.39, 0.29) is 11.8 Å². The molecule has 0 aliphatic heterocycles. The summed E-state index contributed by atoms with van der Waals surface area (Å²) >= 11 is 0. The molecule has 0 saturated heterocycles. The van der Waals surface area contributed by atoms with Gasteiger partial charge in [-0.2, -0.15) is 0 Å². The van der Waals surface area contributed by atoms with Gasteiger partial charge < -0.3 is 84.3 Å². The number of urea groups is 1. The number of nitrogens with two attached hydrogens (primary N) is 2. The van der Waals surface area contributed by atoms with Crippen LogP contribution in [0.5, 0.6) is 0 Å². The first kappa shape index (κ1) is 51.9. The topological polar surface area (TPSA) is 250 Å². The van der Waals surface area contributed by atoms with Crippen LogP contribution in [-0.2, 0) is 61.6 Å². The van der Waals surface area contributed by atoms with E-state index in [9.17, 15) is 14.4 Å². The average Bonchev–Trinajstić information content (AvgIpc) is 3.20. The fraction of sp³-hybridized carbons (Fsp3) is 0.757. The van der Waals surface area contributed by atoms with Crippen molar-refractivity contribution in [1.29, 1.82) is 0 Å². The number of hydrogen-bond donors (Lipinski definition) is 5. The number of hydrogen-bond acceptors (Lipinski definition) is 16. The van der Waals surface area contributed by atoms with Gasteiger partial charge in [0.25, 0.3) is 5.91 Å². The minimum atomic E-state index is -0.696. The van der Waals surface area contributed by atoms with Crippen molar-refractivity contribution in [2.45, 2.75) is 6.42 Å². The number of ether oxygens (including phenoxy) is 12. The fourth-order valence-corrected chi connectivity index (χ4v) is 4.21. The average molecular weight is 822 g/mol. The van der Waals surface area contributed by atoms with Gasteiger partial charge in [-0.25, -0.2) is 4.79 Å². The third-order valence-corrected chi connectivity index (χ3v) is 6.96. The molecule has 0 saturated carbocycles. The molecule has 0 radical (unpaired) electrons. The fourth-order valence-electron chi connectivity index (χ4n) is 4.21. The monoisotopic (exact) mass is 821 g/mol. The van der Waals surface area contributed by atoms with E-state index in [4.69, 9.17) is 68.3 Å². The van der Waals surface area contributed by atoms with Crippen LogP contribution in [0.25, 0.3) is 0 Å². The standard InChI is InChI=1S/C37H67N5O15/c38-5-6-40-35(43)4-8-46-10-12-48-14-16-50-18-20-52-22-24-54-26-28-56-30-31-57-29-27-55-25-23-53-21-19-51-17-15-49-13-11-47-9-7-41-36(44)33-2-1-3-34(32-33)42-37(39)45/h1-3,32H,4-31,38H2,(H,40,43)(H,41,44)(H3,39,42,45). The highest BCUT2D eigenvalue weighted by Crippen LogP contribution is 2.10. The van der Waals surface area contributed by atoms with Gasteiger partial charge in [0.15, 0.2) is 0 Å². The van der Waals surface area contributed by atoms with E-state index < -0.39 is 6.03 Å². The van der Waals surface area contributed by atoms with Crippen LogP contribution in [0.3, 0.4) is 0 Å². The SMILES string of the molecule is NCCNC(=O)CCOCCOCCOCCOCCOCCOCCOCCOCCOCCOCCOCCOCCNC(=O)c1cccc(NC(N)=O)c1. The maximum Gasteiger partial charge on any atom is 0.316 e. The van der Waals surface area contributed by atoms with Crippen molar-refractivity contribution >= 4 is 23.5 Å². The van der Waals surface area contributed by atoms with Gasteiger partial charge in [0, 0.05) is 37.3 Å². The first-order valence-corrected chi connectivity index (χ1v) is 19.4. The molecular weight excluding hydrogens is 754 g/mol. The second-order valence-corrected chi connectivity index (χ2v) is 11.6. The normalized spacial score (nSPS) is 11.2. The number of benzene rings is 1. The van der Waals surface area contributed by atoms with Crippen molar-refractivity contribution in [3.05, 3.63) is 29.8 Å². The summed E-state index contributed by atoms with van der Waals surface area (Å²) in [4.78, 5) is 34.5. The lowest BCUT2D eigenvalue weighted by atomic mass is 10.2. The van der Waals surface area contributed by atoms with Crippen molar-refractivity contribution in [3.63, 3.8) is 0 Å². The number of primary amides is 1. The maximum atomic E-state index is 12.2. The number of anilines is 1. The highest BCUT2D eigenvalue weighted by molar-refractivity contribution is 5.96. The van der Waals surface area contributed by atoms with Crippen molar-refractivity contribution in [2.24, 2.45) is 11.5 Å². The second-order valence-electron chi connectivity index (χ2n) is 11.6. The Morgan fingerprint density at radius 2 is 0.807 bits per heavy atom. The van der Waals surface area contributed by atoms with Gasteiger partial charge in [-0.05, 0) is 18.2 Å². The molecule has 1 aromatic rings. The van der Waals surface area contributed by atoms with Crippen molar-refractivity contribution < 1.29 is 71.2 Å². The summed E-state index contributed by atoms with van der Waals surface area (Å²) in [5, 5.41) is 7.86. The molecule has 1 rings (SSSR count). The lowest BCUT2D eigenvalue weighted by Gasteiger charge is -2.09. The highest BCUT2D eigenvalue weighted by Gasteiger charge is 2.07. The molecule has 0 fully saturated rings. The van der Waals surface area contributed by atoms with E-state index in [2.05, 4.69) is 16.0 Å². The van der Waals surface area contributed by atoms with E-state index in [0.29, 0.717) is 196 Å². The number of nitrogens with one attached hydrogen (secondary N) is 3. The van der Waals surface area contributed by atoms with E-state index in [0.717, 1.165) is 0 Å². The summed E-state index contributed by atoms with van der Waals surface area (Å²) in [6.07, 6.45) is 0.309. The van der Waals surface area contributed by atoms with Crippen molar-refractivity contribution in [3.8, 4) is 0 Å². The van der Waals surface area contributed by atoms with Crippen LogP contribution < -0.4 is 27.4 Å². The Morgan fingerprint density at radius 1 is 0.456 bits per heavy atom. The Hall–Kier alpha value is -3.09. The predicted octanol–water partition coefficient (Wildman–Crippen LogP) is -0.429. The van der Waals surface area contributed by atoms with Gasteiger partial charge in [-0.1, -0.05) is 6.07 Å². The summed E-state index contributed by atoms with van der Waals surface area (Å²) in [6.45, 7) is 12.0. The van der Waals surface area contributed by atoms with Crippen LogP contribution in [-0.4, -0.2) is 196 Å². The molecule has 57 heavy (non-hydrogen) atoms. The Bertz CT molecular complexity index is 1100. The molecule has 0 unspecified atom stereocenters. The first-order chi connectivity index (χ1) is 28.0. The molecule has 4 amide bonds. The summed E-state index contributed by atoms with van der Waals surface area (Å²) in [6, 6.07) is 5.77. The number of carbonyl (C=O) groups excluding carboxylic acids is 3. The van der Waals surface area contributed by atoms with Crippen molar-refractivity contribution in [2.75, 3.05) is 184 Å². The molecule has 0 atom stereocenters. The van der Waals surface area contributed by atoms with Crippen LogP contribution in [0.2, 0.25) is 0 Å². The van der Waals surface area contributed by atoms with Crippen LogP contribution in [0.1, 0.15) is 16.8 Å². The molecule has 0 aliphatic rings. The number of rotatable bonds is 43. The van der Waals surface area contributed by atoms with Gasteiger partial charge in [0.1, 0.15) is 0 Å². The van der Waals surface area contributed by atoms with E-state index in [1.807, 2.05) is 0 Å². The first-order valence-electron chi connectivity index (χ1n) is 19.4. The minimum Gasteiger partial charge on any atom is -0.379 e. The predicted molar refractivity (Wildman–Crippen MR) is 208 cm³/mol. The second kappa shape index (κ2) is 41.1. The molecule has 20 nitrogen and oxygen atoms in total. The Morgan fingerprint density at radius 3 is 1.16 bits per heavy atom. The minimum absolute atomic E-state index is 0.0704. The van der Waals surface area contributed by atoms with Gasteiger partial charge >= 0.3 is 6.03 Å². The van der Waals surface area contributed by atoms with Crippen LogP contribution in [0, 0.1) is 0 Å². The molecular formula is C37H67N5O15. The summed E-state index contributed by atoms with van der Waals surface area (Å²) in [5.41, 5.74) is 11.3. The summed E-state index contributed by atoms with van der Waals surface area (Å²) in [5.74, 6) is -0.350. The van der Waals surface area contributed by atoms with Crippen LogP contribution >= 0.6 is 0 Å². The number of carbonyl (C=O) groups is 3. The number of amides is 4.